The fraction of sp³-hybridized carbons (Fsp3) is 0.714. The van der Waals surface area contributed by atoms with Gasteiger partial charge in [0.05, 0.1) is 0 Å². The molecule has 0 bridgehead atoms. The van der Waals surface area contributed by atoms with Crippen molar-refractivity contribution in [2.45, 2.75) is 33.2 Å². The molecule has 64 valence electrons. The molecule has 0 radical (unpaired) electrons. The summed E-state index contributed by atoms with van der Waals surface area (Å²) in [6.07, 6.45) is 0.307. The Morgan fingerprint density at radius 3 is 2.00 bits per heavy atom. The van der Waals surface area contributed by atoms with Crippen molar-refractivity contribution >= 4 is 11.9 Å². The first-order valence-electron chi connectivity index (χ1n) is 3.62. The minimum Gasteiger partial charge on any atom is -0.351 e. The van der Waals surface area contributed by atoms with E-state index in [9.17, 15) is 9.59 Å². The SMILES string of the molecule is CCC(=O)N(C(N)=O)C(C)C. The molecule has 0 aromatic carbocycles. The largest absolute Gasteiger partial charge is 0.351 e. The van der Waals surface area contributed by atoms with Crippen LogP contribution >= 0.6 is 0 Å². The van der Waals surface area contributed by atoms with Gasteiger partial charge in [0.2, 0.25) is 5.91 Å². The number of hydrogen-bond donors (Lipinski definition) is 1. The summed E-state index contributed by atoms with van der Waals surface area (Å²) >= 11 is 0. The van der Waals surface area contributed by atoms with E-state index in [2.05, 4.69) is 0 Å². The molecule has 0 aromatic heterocycles. The van der Waals surface area contributed by atoms with Crippen LogP contribution in [0.3, 0.4) is 0 Å². The summed E-state index contributed by atoms with van der Waals surface area (Å²) in [5.74, 6) is -0.229. The van der Waals surface area contributed by atoms with E-state index in [1.165, 1.54) is 0 Å². The Hall–Kier alpha value is -1.06. The Morgan fingerprint density at radius 2 is 1.91 bits per heavy atom. The average Bonchev–Trinajstić information content (AvgIpc) is 1.85. The highest BCUT2D eigenvalue weighted by molar-refractivity contribution is 5.93. The molecular formula is C7H14N2O2. The molecule has 4 heteroatoms. The molecule has 11 heavy (non-hydrogen) atoms. The molecule has 0 rings (SSSR count). The lowest BCUT2D eigenvalue weighted by atomic mass is 10.3. The Bertz CT molecular complexity index is 166. The fourth-order valence-electron chi connectivity index (χ4n) is 0.836. The van der Waals surface area contributed by atoms with E-state index in [1.807, 2.05) is 0 Å². The Labute approximate surface area is 66.4 Å². The van der Waals surface area contributed by atoms with E-state index in [0.29, 0.717) is 6.42 Å². The van der Waals surface area contributed by atoms with Crippen LogP contribution in [0, 0.1) is 0 Å². The smallest absolute Gasteiger partial charge is 0.321 e. The maximum absolute atomic E-state index is 11.0. The summed E-state index contributed by atoms with van der Waals surface area (Å²) in [6, 6.07) is -0.827. The van der Waals surface area contributed by atoms with Crippen molar-refractivity contribution in [3.05, 3.63) is 0 Å². The molecule has 0 fully saturated rings. The summed E-state index contributed by atoms with van der Waals surface area (Å²) < 4.78 is 0. The van der Waals surface area contributed by atoms with Gasteiger partial charge in [0.25, 0.3) is 0 Å². The molecule has 0 saturated heterocycles. The summed E-state index contributed by atoms with van der Waals surface area (Å²) in [5, 5.41) is 0. The van der Waals surface area contributed by atoms with Gasteiger partial charge >= 0.3 is 6.03 Å². The summed E-state index contributed by atoms with van der Waals surface area (Å²) in [4.78, 5) is 22.7. The van der Waals surface area contributed by atoms with Gasteiger partial charge in [0.15, 0.2) is 0 Å². The lowest BCUT2D eigenvalue weighted by Crippen LogP contribution is -2.44. The zero-order valence-corrected chi connectivity index (χ0v) is 7.13. The number of hydrogen-bond acceptors (Lipinski definition) is 2. The molecule has 0 spiro atoms. The van der Waals surface area contributed by atoms with Crippen LogP contribution in [-0.4, -0.2) is 22.9 Å². The van der Waals surface area contributed by atoms with Crippen LogP contribution in [-0.2, 0) is 4.79 Å². The standard InChI is InChI=1S/C7H14N2O2/c1-4-6(10)9(5(2)3)7(8)11/h5H,4H2,1-3H3,(H2,8,11). The molecule has 0 aliphatic rings. The van der Waals surface area contributed by atoms with E-state index < -0.39 is 6.03 Å². The highest BCUT2D eigenvalue weighted by Crippen LogP contribution is 2.00. The monoisotopic (exact) mass is 158 g/mol. The van der Waals surface area contributed by atoms with Crippen molar-refractivity contribution in [1.82, 2.24) is 4.90 Å². The fourth-order valence-corrected chi connectivity index (χ4v) is 0.836. The van der Waals surface area contributed by atoms with E-state index in [4.69, 9.17) is 5.73 Å². The number of primary amides is 1. The van der Waals surface area contributed by atoms with Gasteiger partial charge in [-0.1, -0.05) is 6.92 Å². The second-order valence-electron chi connectivity index (χ2n) is 2.55. The van der Waals surface area contributed by atoms with Crippen molar-refractivity contribution in [3.63, 3.8) is 0 Å². The quantitative estimate of drug-likeness (QED) is 0.643. The van der Waals surface area contributed by atoms with Crippen LogP contribution in [0.15, 0.2) is 0 Å². The molecule has 0 atom stereocenters. The molecule has 3 amide bonds. The summed E-state index contributed by atoms with van der Waals surface area (Å²) in [6.45, 7) is 5.19. The van der Waals surface area contributed by atoms with Gasteiger partial charge < -0.3 is 5.73 Å². The molecular weight excluding hydrogens is 144 g/mol. The molecule has 0 heterocycles. The normalized spacial score (nSPS) is 9.82. The number of carbonyl (C=O) groups excluding carboxylic acids is 2. The van der Waals surface area contributed by atoms with Crippen molar-refractivity contribution in [2.75, 3.05) is 0 Å². The van der Waals surface area contributed by atoms with Crippen molar-refractivity contribution in [3.8, 4) is 0 Å². The highest BCUT2D eigenvalue weighted by atomic mass is 16.2. The van der Waals surface area contributed by atoms with Crippen molar-refractivity contribution in [1.29, 1.82) is 0 Å². The van der Waals surface area contributed by atoms with Crippen molar-refractivity contribution < 1.29 is 9.59 Å². The number of rotatable bonds is 2. The predicted molar refractivity (Wildman–Crippen MR) is 41.9 cm³/mol. The first kappa shape index (κ1) is 9.94. The van der Waals surface area contributed by atoms with Crippen LogP contribution in [0.5, 0.6) is 0 Å². The van der Waals surface area contributed by atoms with Gasteiger partial charge in [-0.05, 0) is 13.8 Å². The second kappa shape index (κ2) is 3.95. The molecule has 2 N–H and O–H groups in total. The van der Waals surface area contributed by atoms with Crippen LogP contribution in [0.2, 0.25) is 0 Å². The third kappa shape index (κ3) is 2.57. The Balaban J connectivity index is 4.34. The van der Waals surface area contributed by atoms with Gasteiger partial charge in [-0.2, -0.15) is 0 Å². The zero-order valence-electron chi connectivity index (χ0n) is 7.13. The minimum atomic E-state index is -0.674. The maximum atomic E-state index is 11.0. The number of nitrogens with two attached hydrogens (primary N) is 1. The molecule has 0 unspecified atom stereocenters. The third-order valence-electron chi connectivity index (χ3n) is 1.32. The minimum absolute atomic E-state index is 0.153. The van der Waals surface area contributed by atoms with Crippen LogP contribution < -0.4 is 5.73 Å². The van der Waals surface area contributed by atoms with Gasteiger partial charge in [-0.15, -0.1) is 0 Å². The number of nitrogens with zero attached hydrogens (tertiary/aromatic N) is 1. The number of imide groups is 1. The first-order chi connectivity index (χ1) is 5.00. The van der Waals surface area contributed by atoms with Gasteiger partial charge in [-0.3, -0.25) is 9.69 Å². The third-order valence-corrected chi connectivity index (χ3v) is 1.32. The van der Waals surface area contributed by atoms with E-state index in [-0.39, 0.29) is 11.9 Å². The van der Waals surface area contributed by atoms with Gasteiger partial charge in [0.1, 0.15) is 0 Å². The lowest BCUT2D eigenvalue weighted by molar-refractivity contribution is -0.129. The molecule has 0 aromatic rings. The van der Waals surface area contributed by atoms with Crippen molar-refractivity contribution in [2.24, 2.45) is 5.73 Å². The topological polar surface area (TPSA) is 63.4 Å². The average molecular weight is 158 g/mol. The Morgan fingerprint density at radius 1 is 1.45 bits per heavy atom. The molecule has 0 saturated carbocycles. The first-order valence-corrected chi connectivity index (χ1v) is 3.62. The Kier molecular flexibility index (Phi) is 3.57. The lowest BCUT2D eigenvalue weighted by Gasteiger charge is -2.21. The summed E-state index contributed by atoms with van der Waals surface area (Å²) in [5.41, 5.74) is 4.98. The number of amides is 3. The predicted octanol–water partition coefficient (Wildman–Crippen LogP) is 0.712. The number of carbonyl (C=O) groups is 2. The highest BCUT2D eigenvalue weighted by Gasteiger charge is 2.19. The number of urea groups is 1. The van der Waals surface area contributed by atoms with Crippen LogP contribution in [0.4, 0.5) is 4.79 Å². The van der Waals surface area contributed by atoms with Crippen LogP contribution in [0.25, 0.3) is 0 Å². The van der Waals surface area contributed by atoms with Gasteiger partial charge in [0, 0.05) is 12.5 Å². The molecule has 0 aliphatic carbocycles. The molecule has 4 nitrogen and oxygen atoms in total. The zero-order chi connectivity index (χ0) is 9.02. The van der Waals surface area contributed by atoms with Crippen LogP contribution in [0.1, 0.15) is 27.2 Å². The maximum Gasteiger partial charge on any atom is 0.321 e. The second-order valence-corrected chi connectivity index (χ2v) is 2.55. The van der Waals surface area contributed by atoms with E-state index >= 15 is 0 Å². The van der Waals surface area contributed by atoms with E-state index in [0.717, 1.165) is 4.90 Å². The summed E-state index contributed by atoms with van der Waals surface area (Å²) in [7, 11) is 0. The molecule has 0 aliphatic heterocycles. The van der Waals surface area contributed by atoms with Gasteiger partial charge in [-0.25, -0.2) is 4.79 Å². The van der Waals surface area contributed by atoms with E-state index in [1.54, 1.807) is 20.8 Å².